The minimum atomic E-state index is 1.05. The summed E-state index contributed by atoms with van der Waals surface area (Å²) in [5.41, 5.74) is 0. The van der Waals surface area contributed by atoms with Gasteiger partial charge in [-0.05, 0) is 36.0 Å². The van der Waals surface area contributed by atoms with Gasteiger partial charge in [-0.3, -0.25) is 0 Å². The molecule has 0 aromatic heterocycles. The lowest BCUT2D eigenvalue weighted by Crippen LogP contribution is -2.02. The van der Waals surface area contributed by atoms with Gasteiger partial charge in [0.15, 0.2) is 0 Å². The summed E-state index contributed by atoms with van der Waals surface area (Å²) in [6.07, 6.45) is 4.41. The summed E-state index contributed by atoms with van der Waals surface area (Å²) in [5.74, 6) is 5.52. The van der Waals surface area contributed by atoms with E-state index >= 15 is 0 Å². The maximum atomic E-state index is 2.46. The van der Waals surface area contributed by atoms with Gasteiger partial charge >= 0.3 is 0 Å². The molecule has 0 aliphatic heterocycles. The van der Waals surface area contributed by atoms with E-state index in [0.29, 0.717) is 0 Å². The van der Waals surface area contributed by atoms with Gasteiger partial charge in [0.1, 0.15) is 0 Å². The van der Waals surface area contributed by atoms with Crippen molar-refractivity contribution in [3.63, 3.8) is 0 Å². The predicted octanol–water partition coefficient (Wildman–Crippen LogP) is 3.32. The highest BCUT2D eigenvalue weighted by Gasteiger charge is 2.58. The van der Waals surface area contributed by atoms with E-state index in [4.69, 9.17) is 0 Å². The van der Waals surface area contributed by atoms with Crippen LogP contribution in [0, 0.1) is 29.6 Å². The molecule has 0 aromatic carbocycles. The fraction of sp³-hybridized carbons (Fsp3) is 1.00. The Morgan fingerprint density at radius 3 is 2.09 bits per heavy atom. The molecule has 0 radical (unpaired) electrons. The van der Waals surface area contributed by atoms with E-state index in [1.165, 1.54) is 19.3 Å². The Morgan fingerprint density at radius 1 is 1.09 bits per heavy atom. The smallest absolute Gasteiger partial charge is 0.0323 e. The summed E-state index contributed by atoms with van der Waals surface area (Å²) in [4.78, 5) is 0. The quantitative estimate of drug-likeness (QED) is 0.569. The molecule has 0 N–H and O–H groups in total. The second-order valence-corrected chi connectivity index (χ2v) is 4.80. The van der Waals surface area contributed by atoms with Gasteiger partial charge in [0.2, 0.25) is 0 Å². The van der Waals surface area contributed by atoms with E-state index in [9.17, 15) is 0 Å². The fourth-order valence-electron chi connectivity index (χ4n) is 3.65. The molecule has 2 aliphatic carbocycles. The highest BCUT2D eigenvalue weighted by Crippen LogP contribution is 2.64. The number of hydrogen-bond acceptors (Lipinski definition) is 0. The zero-order valence-electron chi connectivity index (χ0n) is 8.01. The molecule has 0 nitrogen and oxygen atoms in total. The van der Waals surface area contributed by atoms with E-state index < -0.39 is 0 Å². The van der Waals surface area contributed by atoms with Crippen molar-refractivity contribution in [3.05, 3.63) is 0 Å². The van der Waals surface area contributed by atoms with Gasteiger partial charge in [-0.2, -0.15) is 0 Å². The average molecular weight is 152 g/mol. The van der Waals surface area contributed by atoms with E-state index in [-0.39, 0.29) is 0 Å². The second kappa shape index (κ2) is 2.50. The van der Waals surface area contributed by atoms with Crippen LogP contribution in [-0.4, -0.2) is 0 Å². The van der Waals surface area contributed by atoms with Gasteiger partial charge in [0.25, 0.3) is 0 Å². The Balaban J connectivity index is 1.94. The second-order valence-electron chi connectivity index (χ2n) is 4.80. The van der Waals surface area contributed by atoms with E-state index in [0.717, 1.165) is 29.6 Å². The average Bonchev–Trinajstić information content (AvgIpc) is 2.54. The highest BCUT2D eigenvalue weighted by atomic mass is 14.6. The largest absolute Gasteiger partial charge is 0.0654 e. The molecular formula is C11H20. The normalized spacial score (nSPS) is 54.3. The maximum Gasteiger partial charge on any atom is -0.0323 e. The van der Waals surface area contributed by atoms with Gasteiger partial charge in [-0.25, -0.2) is 0 Å². The zero-order chi connectivity index (χ0) is 8.01. The first-order chi connectivity index (χ1) is 5.25. The van der Waals surface area contributed by atoms with Gasteiger partial charge in [0, 0.05) is 0 Å². The van der Waals surface area contributed by atoms with Gasteiger partial charge in [-0.1, -0.05) is 33.6 Å². The third kappa shape index (κ3) is 1.02. The van der Waals surface area contributed by atoms with Crippen molar-refractivity contribution in [1.29, 1.82) is 0 Å². The van der Waals surface area contributed by atoms with Crippen molar-refractivity contribution >= 4 is 0 Å². The summed E-state index contributed by atoms with van der Waals surface area (Å²) in [6.45, 7) is 7.23. The van der Waals surface area contributed by atoms with Crippen molar-refractivity contribution in [3.8, 4) is 0 Å². The molecule has 0 heteroatoms. The third-order valence-corrected chi connectivity index (χ3v) is 3.97. The molecule has 64 valence electrons. The van der Waals surface area contributed by atoms with Crippen LogP contribution in [0.3, 0.4) is 0 Å². The van der Waals surface area contributed by atoms with Crippen molar-refractivity contribution in [2.24, 2.45) is 29.6 Å². The van der Waals surface area contributed by atoms with Crippen LogP contribution in [0.4, 0.5) is 0 Å². The minimum absolute atomic E-state index is 1.05. The van der Waals surface area contributed by atoms with Crippen LogP contribution < -0.4 is 0 Å². The molecular weight excluding hydrogens is 132 g/mol. The summed E-state index contributed by atoms with van der Waals surface area (Å²) < 4.78 is 0. The number of hydrogen-bond donors (Lipinski definition) is 0. The van der Waals surface area contributed by atoms with Gasteiger partial charge in [0.05, 0.1) is 0 Å². The fourth-order valence-corrected chi connectivity index (χ4v) is 3.65. The van der Waals surface area contributed by atoms with Crippen LogP contribution >= 0.6 is 0 Å². The summed E-state index contributed by atoms with van der Waals surface area (Å²) in [6, 6.07) is 0. The van der Waals surface area contributed by atoms with Crippen LogP contribution in [0.5, 0.6) is 0 Å². The topological polar surface area (TPSA) is 0 Å². The lowest BCUT2D eigenvalue weighted by atomic mass is 9.94. The molecule has 0 spiro atoms. The van der Waals surface area contributed by atoms with Crippen molar-refractivity contribution in [2.75, 3.05) is 0 Å². The molecule has 4 atom stereocenters. The summed E-state index contributed by atoms with van der Waals surface area (Å²) in [5, 5.41) is 0. The molecule has 0 aromatic rings. The molecule has 2 aliphatic rings. The van der Waals surface area contributed by atoms with Crippen molar-refractivity contribution in [1.82, 2.24) is 0 Å². The van der Waals surface area contributed by atoms with Gasteiger partial charge in [-0.15, -0.1) is 0 Å². The molecule has 0 saturated heterocycles. The van der Waals surface area contributed by atoms with E-state index in [2.05, 4.69) is 20.8 Å². The Labute approximate surface area is 70.4 Å². The third-order valence-electron chi connectivity index (χ3n) is 3.97. The Hall–Kier alpha value is 0. The SMILES string of the molecule is CCCC1C2C(C)CC(C)C12. The molecule has 4 unspecified atom stereocenters. The standard InChI is InChI=1S/C11H20/c1-4-5-9-10-7(2)6-8(3)11(9)10/h7-11H,4-6H2,1-3H3. The number of rotatable bonds is 2. The molecule has 2 rings (SSSR count). The Bertz CT molecular complexity index is 136. The summed E-state index contributed by atoms with van der Waals surface area (Å²) >= 11 is 0. The summed E-state index contributed by atoms with van der Waals surface area (Å²) in [7, 11) is 0. The number of fused-ring (bicyclic) bond motifs is 1. The molecule has 0 amide bonds. The van der Waals surface area contributed by atoms with Crippen LogP contribution in [0.25, 0.3) is 0 Å². The van der Waals surface area contributed by atoms with Crippen molar-refractivity contribution < 1.29 is 0 Å². The maximum absolute atomic E-state index is 2.46. The Morgan fingerprint density at radius 2 is 1.64 bits per heavy atom. The van der Waals surface area contributed by atoms with E-state index in [1.54, 1.807) is 0 Å². The molecule has 11 heavy (non-hydrogen) atoms. The lowest BCUT2D eigenvalue weighted by Gasteiger charge is -2.11. The van der Waals surface area contributed by atoms with Crippen LogP contribution in [0.1, 0.15) is 40.0 Å². The molecule has 2 saturated carbocycles. The zero-order valence-corrected chi connectivity index (χ0v) is 8.01. The highest BCUT2D eigenvalue weighted by molar-refractivity contribution is 5.06. The minimum Gasteiger partial charge on any atom is -0.0654 e. The van der Waals surface area contributed by atoms with Crippen LogP contribution in [0.15, 0.2) is 0 Å². The Kier molecular flexibility index (Phi) is 1.74. The van der Waals surface area contributed by atoms with Crippen LogP contribution in [-0.2, 0) is 0 Å². The van der Waals surface area contributed by atoms with Gasteiger partial charge < -0.3 is 0 Å². The van der Waals surface area contributed by atoms with Crippen molar-refractivity contribution in [2.45, 2.75) is 40.0 Å². The monoisotopic (exact) mass is 152 g/mol. The first-order valence-electron chi connectivity index (χ1n) is 5.25. The molecule has 0 bridgehead atoms. The molecule has 2 fully saturated rings. The predicted molar refractivity (Wildman–Crippen MR) is 48.3 cm³/mol. The lowest BCUT2D eigenvalue weighted by molar-refractivity contribution is 0.389. The van der Waals surface area contributed by atoms with Crippen LogP contribution in [0.2, 0.25) is 0 Å². The van der Waals surface area contributed by atoms with E-state index in [1.807, 2.05) is 0 Å². The molecule has 0 heterocycles. The first kappa shape index (κ1) is 7.64. The first-order valence-corrected chi connectivity index (χ1v) is 5.25.